The summed E-state index contributed by atoms with van der Waals surface area (Å²) in [6, 6.07) is 0. The Kier molecular flexibility index (Phi) is 5.04. The van der Waals surface area contributed by atoms with Crippen LogP contribution < -0.4 is 5.73 Å². The lowest BCUT2D eigenvalue weighted by molar-refractivity contribution is -0.270. The number of nitrogens with zero attached hydrogens (tertiary/aromatic N) is 1. The summed E-state index contributed by atoms with van der Waals surface area (Å²) >= 11 is 6.18. The summed E-state index contributed by atoms with van der Waals surface area (Å²) < 4.78 is 26.4. The summed E-state index contributed by atoms with van der Waals surface area (Å²) in [6.45, 7) is 2.11. The molecule has 0 aromatic carbocycles. The number of nitrogens with two attached hydrogens (primary N) is 1. The van der Waals surface area contributed by atoms with E-state index in [0.717, 1.165) is 25.7 Å². The molecular formula is C18H19ClF2N2O2. The molecule has 0 aromatic heterocycles. The normalized spacial score (nSPS) is 27.9. The van der Waals surface area contributed by atoms with Gasteiger partial charge in [-0.2, -0.15) is 4.39 Å². The number of halogens is 3. The van der Waals surface area contributed by atoms with E-state index in [4.69, 9.17) is 17.3 Å². The van der Waals surface area contributed by atoms with E-state index in [0.29, 0.717) is 17.0 Å². The minimum atomic E-state index is -3.21. The second kappa shape index (κ2) is 6.94. The third-order valence-electron chi connectivity index (χ3n) is 4.70. The Hall–Kier alpha value is -1.63. The molecule has 3 rings (SSSR count). The van der Waals surface area contributed by atoms with Gasteiger partial charge in [0.1, 0.15) is 5.92 Å². The number of carbonyl (C=O) groups excluding carboxylic acids is 1. The van der Waals surface area contributed by atoms with Crippen LogP contribution in [-0.2, 0) is 9.74 Å². The van der Waals surface area contributed by atoms with Crippen LogP contribution in [0.2, 0.25) is 0 Å². The van der Waals surface area contributed by atoms with Gasteiger partial charge in [0.05, 0.1) is 17.0 Å². The van der Waals surface area contributed by atoms with Gasteiger partial charge in [0, 0.05) is 10.6 Å². The minimum absolute atomic E-state index is 0.204. The van der Waals surface area contributed by atoms with Crippen molar-refractivity contribution < 1.29 is 18.7 Å². The predicted molar refractivity (Wildman–Crippen MR) is 92.0 cm³/mol. The molecular weight excluding hydrogens is 350 g/mol. The maximum Gasteiger partial charge on any atom is 0.325 e. The van der Waals surface area contributed by atoms with Crippen molar-refractivity contribution in [1.82, 2.24) is 0 Å². The molecule has 0 fully saturated rings. The second-order valence-corrected chi connectivity index (χ2v) is 6.87. The fourth-order valence-corrected chi connectivity index (χ4v) is 3.74. The molecule has 0 spiro atoms. The number of fused-ring (bicyclic) bond motifs is 2. The summed E-state index contributed by atoms with van der Waals surface area (Å²) in [6.07, 6.45) is 10.4. The molecule has 0 saturated carbocycles. The zero-order chi connectivity index (χ0) is 18.2. The highest BCUT2D eigenvalue weighted by Gasteiger charge is 2.43. The molecule has 4 nitrogen and oxygen atoms in total. The number of hydrogen-bond acceptors (Lipinski definition) is 4. The second-order valence-electron chi connectivity index (χ2n) is 6.46. The standard InChI is InChI=1S/C18H19ClF2N2O2/c1-2-3-4-10-5-7-13-11(9-10)17(24)15-14(23-13)8-6-12(16(15)19)18(20,22)25-21/h6-10,15H,2-5,22H2,1H3. The third-order valence-corrected chi connectivity index (χ3v) is 5.13. The quantitative estimate of drug-likeness (QED) is 0.584. The van der Waals surface area contributed by atoms with Crippen LogP contribution in [0.3, 0.4) is 0 Å². The summed E-state index contributed by atoms with van der Waals surface area (Å²) in [5.41, 5.74) is 6.20. The highest BCUT2D eigenvalue weighted by Crippen LogP contribution is 2.41. The Morgan fingerprint density at radius 3 is 2.92 bits per heavy atom. The highest BCUT2D eigenvalue weighted by atomic mass is 35.5. The van der Waals surface area contributed by atoms with Crippen molar-refractivity contribution in [2.24, 2.45) is 22.6 Å². The van der Waals surface area contributed by atoms with Crippen LogP contribution in [0.25, 0.3) is 0 Å². The number of aliphatic imine (C=N–C) groups is 1. The first kappa shape index (κ1) is 18.2. The molecule has 134 valence electrons. The Morgan fingerprint density at radius 2 is 2.24 bits per heavy atom. The van der Waals surface area contributed by atoms with Gasteiger partial charge in [-0.3, -0.25) is 15.5 Å². The molecule has 3 aliphatic rings. The Morgan fingerprint density at radius 1 is 1.48 bits per heavy atom. The lowest BCUT2D eigenvalue weighted by Gasteiger charge is -2.31. The van der Waals surface area contributed by atoms with Crippen LogP contribution in [0.4, 0.5) is 8.92 Å². The lowest BCUT2D eigenvalue weighted by Crippen LogP contribution is -2.41. The van der Waals surface area contributed by atoms with E-state index in [1.807, 2.05) is 12.2 Å². The number of allylic oxidation sites excluding steroid dienone is 5. The first-order valence-corrected chi connectivity index (χ1v) is 8.67. The fourth-order valence-electron chi connectivity index (χ4n) is 3.34. The van der Waals surface area contributed by atoms with Gasteiger partial charge in [0.25, 0.3) is 0 Å². The van der Waals surface area contributed by atoms with Crippen molar-refractivity contribution in [3.63, 3.8) is 0 Å². The van der Waals surface area contributed by atoms with Gasteiger partial charge in [0.2, 0.25) is 0 Å². The van der Waals surface area contributed by atoms with Crippen LogP contribution in [0, 0.1) is 11.8 Å². The molecule has 0 aromatic rings. The van der Waals surface area contributed by atoms with Crippen LogP contribution in [-0.4, -0.2) is 17.5 Å². The molecule has 0 bridgehead atoms. The average Bonchev–Trinajstić information content (AvgIpc) is 2.60. The smallest absolute Gasteiger partial charge is 0.293 e. The summed E-state index contributed by atoms with van der Waals surface area (Å²) in [5, 5.41) is -0.204. The van der Waals surface area contributed by atoms with Gasteiger partial charge < -0.3 is 0 Å². The number of unbranched alkanes of at least 4 members (excludes halogenated alkanes) is 1. The van der Waals surface area contributed by atoms with Crippen molar-refractivity contribution in [2.45, 2.75) is 38.6 Å². The largest absolute Gasteiger partial charge is 0.325 e. The van der Waals surface area contributed by atoms with Crippen molar-refractivity contribution in [2.75, 3.05) is 0 Å². The fraction of sp³-hybridized carbons (Fsp3) is 0.444. The molecule has 25 heavy (non-hydrogen) atoms. The Balaban J connectivity index is 1.98. The van der Waals surface area contributed by atoms with E-state index in [9.17, 15) is 13.7 Å². The first-order valence-electron chi connectivity index (χ1n) is 8.30. The molecule has 0 amide bonds. The molecule has 2 aliphatic carbocycles. The topological polar surface area (TPSA) is 64.7 Å². The van der Waals surface area contributed by atoms with E-state index >= 15 is 0 Å². The minimum Gasteiger partial charge on any atom is -0.293 e. The van der Waals surface area contributed by atoms with Crippen molar-refractivity contribution in [1.29, 1.82) is 0 Å². The van der Waals surface area contributed by atoms with Crippen molar-refractivity contribution in [3.05, 3.63) is 46.2 Å². The van der Waals surface area contributed by atoms with Gasteiger partial charge in [-0.25, -0.2) is 0 Å². The molecule has 1 aliphatic heterocycles. The Labute approximate surface area is 149 Å². The zero-order valence-electron chi connectivity index (χ0n) is 13.8. The van der Waals surface area contributed by atoms with Crippen LogP contribution >= 0.6 is 11.6 Å². The monoisotopic (exact) mass is 368 g/mol. The molecule has 3 atom stereocenters. The van der Waals surface area contributed by atoms with Crippen molar-refractivity contribution >= 4 is 23.1 Å². The lowest BCUT2D eigenvalue weighted by atomic mass is 9.79. The number of hydrogen-bond donors (Lipinski definition) is 1. The summed E-state index contributed by atoms with van der Waals surface area (Å²) in [5.74, 6) is -4.20. The van der Waals surface area contributed by atoms with Crippen LogP contribution in [0.5, 0.6) is 0 Å². The van der Waals surface area contributed by atoms with E-state index < -0.39 is 17.5 Å². The molecule has 2 N–H and O–H groups in total. The number of alkyl halides is 1. The average molecular weight is 369 g/mol. The summed E-state index contributed by atoms with van der Waals surface area (Å²) in [4.78, 5) is 20.6. The molecule has 0 radical (unpaired) electrons. The number of ketones is 1. The summed E-state index contributed by atoms with van der Waals surface area (Å²) in [7, 11) is 0. The van der Waals surface area contributed by atoms with Crippen LogP contribution in [0.15, 0.2) is 51.2 Å². The molecule has 0 saturated heterocycles. The van der Waals surface area contributed by atoms with Gasteiger partial charge in [-0.05, 0) is 35.4 Å². The maximum atomic E-state index is 14.0. The number of Topliss-reactive ketones (excluding diaryl/α,β-unsaturated/α-hetero) is 1. The van der Waals surface area contributed by atoms with Gasteiger partial charge in [0.15, 0.2) is 5.78 Å². The van der Waals surface area contributed by atoms with E-state index in [-0.39, 0.29) is 16.7 Å². The Bertz CT molecular complexity index is 750. The highest BCUT2D eigenvalue weighted by molar-refractivity contribution is 6.38. The van der Waals surface area contributed by atoms with Crippen LogP contribution in [0.1, 0.15) is 32.6 Å². The van der Waals surface area contributed by atoms with E-state index in [2.05, 4.69) is 16.9 Å². The molecule has 1 heterocycles. The predicted octanol–water partition coefficient (Wildman–Crippen LogP) is 4.19. The van der Waals surface area contributed by atoms with Crippen molar-refractivity contribution in [3.8, 4) is 0 Å². The van der Waals surface area contributed by atoms with Gasteiger partial charge in [-0.1, -0.05) is 43.5 Å². The maximum absolute atomic E-state index is 14.0. The molecule has 3 unspecified atom stereocenters. The van der Waals surface area contributed by atoms with Gasteiger partial charge >= 0.3 is 5.98 Å². The third kappa shape index (κ3) is 3.26. The molecule has 7 heteroatoms. The van der Waals surface area contributed by atoms with E-state index in [1.54, 1.807) is 0 Å². The SMILES string of the molecule is CCCCC1C=C2C(=O)C3C(=NC2=CC1)C=CC(C(N)(F)OF)=C3Cl. The van der Waals surface area contributed by atoms with Gasteiger partial charge in [-0.15, -0.1) is 4.94 Å². The first-order chi connectivity index (χ1) is 11.9. The van der Waals surface area contributed by atoms with E-state index in [1.165, 1.54) is 12.2 Å². The number of carbonyl (C=O) groups is 1. The number of rotatable bonds is 5. The zero-order valence-corrected chi connectivity index (χ0v) is 14.5.